The van der Waals surface area contributed by atoms with Crippen molar-refractivity contribution in [1.29, 1.82) is 0 Å². The molecular weight excluding hydrogens is 597 g/mol. The molecule has 1 heterocycles. The van der Waals surface area contributed by atoms with Gasteiger partial charge in [0, 0.05) is 24.2 Å². The third-order valence-electron chi connectivity index (χ3n) is 6.20. The van der Waals surface area contributed by atoms with Crippen LogP contribution in [0.5, 0.6) is 11.8 Å². The molecule has 0 aliphatic carbocycles. The van der Waals surface area contributed by atoms with Gasteiger partial charge in [0.15, 0.2) is 0 Å². The van der Waals surface area contributed by atoms with E-state index in [0.717, 1.165) is 24.3 Å². The van der Waals surface area contributed by atoms with Crippen molar-refractivity contribution >= 4 is 19.5 Å². The van der Waals surface area contributed by atoms with Gasteiger partial charge in [-0.25, -0.2) is 4.79 Å². The Morgan fingerprint density at radius 1 is 0.884 bits per heavy atom. The van der Waals surface area contributed by atoms with Crippen LogP contribution >= 0.6 is 7.60 Å². The number of hydrogen-bond donors (Lipinski definition) is 5. The van der Waals surface area contributed by atoms with Crippen molar-refractivity contribution in [3.63, 3.8) is 0 Å². The summed E-state index contributed by atoms with van der Waals surface area (Å²) in [4.78, 5) is 46.4. The predicted molar refractivity (Wildman–Crippen MR) is 149 cm³/mol. The Hall–Kier alpha value is -3.07. The molecule has 0 saturated carbocycles. The van der Waals surface area contributed by atoms with E-state index in [1.165, 1.54) is 12.1 Å². The van der Waals surface area contributed by atoms with Gasteiger partial charge in [-0.1, -0.05) is 24.3 Å². The zero-order valence-electron chi connectivity index (χ0n) is 24.4. The van der Waals surface area contributed by atoms with Crippen LogP contribution in [0.3, 0.4) is 0 Å². The Morgan fingerprint density at radius 2 is 1.42 bits per heavy atom. The maximum absolute atomic E-state index is 13.8. The number of nitrogens with one attached hydrogen (secondary N) is 1. The maximum atomic E-state index is 13.8. The lowest BCUT2D eigenvalue weighted by Crippen LogP contribution is -2.35. The molecule has 2 rings (SSSR count). The van der Waals surface area contributed by atoms with E-state index in [1.54, 1.807) is 0 Å². The summed E-state index contributed by atoms with van der Waals surface area (Å²) in [5, 5.41) is 21.6. The summed E-state index contributed by atoms with van der Waals surface area (Å²) in [5.41, 5.74) is -5.90. The van der Waals surface area contributed by atoms with Gasteiger partial charge in [-0.3, -0.25) is 9.36 Å². The van der Waals surface area contributed by atoms with Crippen molar-refractivity contribution in [3.05, 3.63) is 47.5 Å². The van der Waals surface area contributed by atoms with E-state index in [-0.39, 0.29) is 32.1 Å². The van der Waals surface area contributed by atoms with Gasteiger partial charge in [0.25, 0.3) is 0 Å². The predicted octanol–water partition coefficient (Wildman–Crippen LogP) is 2.83. The second kappa shape index (κ2) is 15.1. The van der Waals surface area contributed by atoms with Crippen molar-refractivity contribution in [2.24, 2.45) is 0 Å². The molecule has 1 aromatic heterocycles. The highest BCUT2D eigenvalue weighted by molar-refractivity contribution is 7.52. The first-order valence-electron chi connectivity index (χ1n) is 13.3. The maximum Gasteiger partial charge on any atom is 0.399 e. The Morgan fingerprint density at radius 3 is 1.98 bits per heavy atom. The molecule has 0 aliphatic rings. The minimum Gasteiger partial charge on any atom is -0.492 e. The van der Waals surface area contributed by atoms with E-state index >= 15 is 0 Å². The summed E-state index contributed by atoms with van der Waals surface area (Å²) < 4.78 is 56.2. The number of nitrogens with zero attached hydrogens (tertiary/aromatic N) is 1. The Balaban J connectivity index is 1.61. The molecule has 2 aromatic rings. The molecule has 5 N–H and O–H groups in total. The van der Waals surface area contributed by atoms with Crippen LogP contribution in [0.15, 0.2) is 36.4 Å². The highest BCUT2D eigenvalue weighted by Crippen LogP contribution is 2.59. The van der Waals surface area contributed by atoms with E-state index < -0.39 is 54.4 Å². The second-order valence-electron chi connectivity index (χ2n) is 10.9. The average molecular weight is 637 g/mol. The second-order valence-corrected chi connectivity index (χ2v) is 12.5. The number of carbonyl (C=O) groups excluding carboxylic acids is 2. The molecule has 0 aliphatic heterocycles. The summed E-state index contributed by atoms with van der Waals surface area (Å²) in [7, 11) is -5.67. The Labute approximate surface area is 247 Å². The van der Waals surface area contributed by atoms with E-state index in [2.05, 4.69) is 5.32 Å². The van der Waals surface area contributed by atoms with E-state index in [0.29, 0.717) is 29.7 Å². The van der Waals surface area contributed by atoms with Crippen molar-refractivity contribution in [2.75, 3.05) is 33.0 Å². The van der Waals surface area contributed by atoms with Gasteiger partial charge in [-0.2, -0.15) is 8.78 Å². The molecule has 13 nitrogen and oxygen atoms in total. The fourth-order valence-electron chi connectivity index (χ4n) is 3.57. The number of alkyl halides is 2. The molecule has 242 valence electrons. The number of rotatable bonds is 18. The van der Waals surface area contributed by atoms with Gasteiger partial charge in [0.05, 0.1) is 37.4 Å². The molecule has 0 atom stereocenters. The zero-order chi connectivity index (χ0) is 32.5. The molecule has 0 fully saturated rings. The SMILES string of the molecule is CC(C)(CCOCC(=O)On1c(O)ccc1O)OCCC(C)(C)OCCNC(=O)Cc1ccc(C(F)(F)P(=O)(O)O)cc1. The number of benzene rings is 1. The van der Waals surface area contributed by atoms with Crippen LogP contribution < -0.4 is 10.2 Å². The van der Waals surface area contributed by atoms with Crippen LogP contribution in [-0.2, 0) is 40.4 Å². The molecule has 16 heteroatoms. The monoisotopic (exact) mass is 636 g/mol. The lowest BCUT2D eigenvalue weighted by atomic mass is 10.0. The zero-order valence-corrected chi connectivity index (χ0v) is 25.3. The summed E-state index contributed by atoms with van der Waals surface area (Å²) in [6.45, 7) is 8.03. The minimum absolute atomic E-state index is 0.112. The first-order chi connectivity index (χ1) is 19.8. The van der Waals surface area contributed by atoms with Crippen molar-refractivity contribution in [1.82, 2.24) is 10.0 Å². The normalized spacial score (nSPS) is 12.7. The number of amides is 1. The molecule has 0 unspecified atom stereocenters. The summed E-state index contributed by atoms with van der Waals surface area (Å²) in [5.74, 6) is -2.05. The topological polar surface area (TPSA) is 186 Å². The van der Waals surface area contributed by atoms with Crippen molar-refractivity contribution < 1.29 is 62.0 Å². The van der Waals surface area contributed by atoms with Gasteiger partial charge >= 0.3 is 19.2 Å². The third-order valence-corrected chi connectivity index (χ3v) is 7.19. The summed E-state index contributed by atoms with van der Waals surface area (Å²) >= 11 is 0. The molecule has 1 amide bonds. The Kier molecular flexibility index (Phi) is 12.7. The molecular formula is C27H39F2N2O11P. The van der Waals surface area contributed by atoms with Crippen LogP contribution in [0.1, 0.15) is 51.7 Å². The summed E-state index contributed by atoms with van der Waals surface area (Å²) in [6.07, 6.45) is 0.884. The lowest BCUT2D eigenvalue weighted by Gasteiger charge is -2.29. The minimum atomic E-state index is -5.67. The molecule has 43 heavy (non-hydrogen) atoms. The fourth-order valence-corrected chi connectivity index (χ4v) is 4.06. The van der Waals surface area contributed by atoms with Gasteiger partial charge < -0.3 is 44.4 Å². The largest absolute Gasteiger partial charge is 0.492 e. The molecule has 0 spiro atoms. The number of ether oxygens (including phenoxy) is 3. The highest BCUT2D eigenvalue weighted by Gasteiger charge is 2.50. The highest BCUT2D eigenvalue weighted by atomic mass is 31.2. The van der Waals surface area contributed by atoms with Gasteiger partial charge in [0.1, 0.15) is 6.61 Å². The van der Waals surface area contributed by atoms with Crippen molar-refractivity contribution in [2.45, 2.75) is 63.8 Å². The van der Waals surface area contributed by atoms with Crippen molar-refractivity contribution in [3.8, 4) is 11.8 Å². The Bertz CT molecular complexity index is 1240. The number of carbonyl (C=O) groups is 2. The first kappa shape index (κ1) is 36.1. The van der Waals surface area contributed by atoms with Crippen LogP contribution in [0.2, 0.25) is 0 Å². The molecule has 1 aromatic carbocycles. The van der Waals surface area contributed by atoms with Gasteiger partial charge in [-0.15, -0.1) is 4.73 Å². The fraction of sp³-hybridized carbons (Fsp3) is 0.556. The number of aromatic nitrogens is 1. The van der Waals surface area contributed by atoms with Gasteiger partial charge in [0.2, 0.25) is 17.7 Å². The van der Waals surface area contributed by atoms with Crippen LogP contribution in [-0.4, -0.2) is 80.8 Å². The van der Waals surface area contributed by atoms with Crippen LogP contribution in [0.25, 0.3) is 0 Å². The summed E-state index contributed by atoms with van der Waals surface area (Å²) in [6, 6.07) is 6.51. The van der Waals surface area contributed by atoms with Gasteiger partial charge in [-0.05, 0) is 46.1 Å². The first-order valence-corrected chi connectivity index (χ1v) is 14.9. The average Bonchev–Trinajstić information content (AvgIpc) is 3.20. The molecule has 0 bridgehead atoms. The molecule has 0 saturated heterocycles. The number of hydrogen-bond acceptors (Lipinski definition) is 9. The quantitative estimate of drug-likeness (QED) is 0.120. The number of aromatic hydroxyl groups is 2. The number of halogens is 2. The smallest absolute Gasteiger partial charge is 0.399 e. The van der Waals surface area contributed by atoms with E-state index in [1.807, 2.05) is 27.7 Å². The third kappa shape index (κ3) is 11.9. The van der Waals surface area contributed by atoms with E-state index in [4.69, 9.17) is 28.8 Å². The van der Waals surface area contributed by atoms with E-state index in [9.17, 15) is 33.1 Å². The standard InChI is InChI=1S/C27H39F2N2O11P/c1-25(2,11-14-39-18-24(35)42-31-22(33)9-10-23(31)34)40-15-12-26(3,4)41-16-13-30-21(32)17-19-5-7-20(8-6-19)27(28,29)43(36,37)38/h5-10,33-34H,11-18H2,1-4H3,(H,30,32)(H2,36,37,38). The lowest BCUT2D eigenvalue weighted by molar-refractivity contribution is -0.151. The van der Waals surface area contributed by atoms with Crippen LogP contribution in [0, 0.1) is 0 Å². The van der Waals surface area contributed by atoms with Crippen LogP contribution in [0.4, 0.5) is 8.78 Å². The molecule has 0 radical (unpaired) electrons.